The van der Waals surface area contributed by atoms with Crippen molar-refractivity contribution in [1.29, 1.82) is 0 Å². The fourth-order valence-electron chi connectivity index (χ4n) is 13.1. The lowest BCUT2D eigenvalue weighted by molar-refractivity contribution is 1.22. The molecule has 0 radical (unpaired) electrons. The summed E-state index contributed by atoms with van der Waals surface area (Å²) in [6.45, 7) is 13.4. The Kier molecular flexibility index (Phi) is 9.62. The van der Waals surface area contributed by atoms with Gasteiger partial charge in [-0.15, -0.1) is 0 Å². The van der Waals surface area contributed by atoms with Crippen LogP contribution in [0.3, 0.4) is 0 Å². The van der Waals surface area contributed by atoms with Crippen molar-refractivity contribution >= 4 is 110 Å². The summed E-state index contributed by atoms with van der Waals surface area (Å²) >= 11 is 0. The van der Waals surface area contributed by atoms with Crippen molar-refractivity contribution in [1.82, 2.24) is 8.80 Å². The van der Waals surface area contributed by atoms with Gasteiger partial charge in [0.15, 0.2) is 0 Å². The lowest BCUT2D eigenvalue weighted by Crippen LogP contribution is -2.10. The first kappa shape index (κ1) is 44.1. The van der Waals surface area contributed by atoms with Gasteiger partial charge in [0, 0.05) is 88.3 Å². The molecule has 0 bridgehead atoms. The summed E-state index contributed by atoms with van der Waals surface area (Å²) in [7, 11) is 0. The number of nitrogens with zero attached hydrogens (tertiary/aromatic N) is 4. The van der Waals surface area contributed by atoms with Crippen LogP contribution in [0.1, 0.15) is 33.4 Å². The van der Waals surface area contributed by atoms with E-state index in [9.17, 15) is 0 Å². The SMILES string of the molecule is Cc1cc(N(c2ccccc2)c2ccc3c(c2)c2cccc4c5c(-c6ccccc6)c6c(c(-c7ccccc7)c5n3c24)c2cccc3c4cc(N(c5ccccc5)c5cc(C)c(C)c(C)c5)ccc4n6c32)cc(C)c1C. The highest BCUT2D eigenvalue weighted by Gasteiger charge is 2.31. The average Bonchev–Trinajstić information content (AvgIpc) is 4.39. The van der Waals surface area contributed by atoms with Crippen LogP contribution in [-0.2, 0) is 0 Å². The van der Waals surface area contributed by atoms with Crippen molar-refractivity contribution in [3.8, 4) is 22.3 Å². The normalized spacial score (nSPS) is 12.1. The smallest absolute Gasteiger partial charge is 0.0634 e. The van der Waals surface area contributed by atoms with Gasteiger partial charge in [-0.05, 0) is 171 Å². The standard InChI is InChI=1S/C72H54N4/c1-43-37-55(38-44(2)47(43)5)73(51-25-15-9-16-26-51)53-33-35-63-61(41-53)57-29-19-31-59-67-66(50-23-13-8-14-24-50)72-68(65(49-21-11-7-12-22-49)71(67)75(63)69(57)59)60-32-20-30-58-62-42-54(34-36-64(62)76(72)70(58)60)74(52-27-17-10-18-28-52)56-39-45(3)48(6)46(4)40-56/h7-42H,1-6H3. The highest BCUT2D eigenvalue weighted by atomic mass is 15.1. The number of hydrogen-bond donors (Lipinski definition) is 0. The van der Waals surface area contributed by atoms with Crippen molar-refractivity contribution in [2.45, 2.75) is 41.5 Å². The van der Waals surface area contributed by atoms with Crippen LogP contribution in [0.5, 0.6) is 0 Å². The molecule has 0 aliphatic rings. The predicted molar refractivity (Wildman–Crippen MR) is 324 cm³/mol. The molecule has 0 N–H and O–H groups in total. The molecule has 0 fully saturated rings. The van der Waals surface area contributed by atoms with E-state index in [0.717, 1.165) is 34.1 Å². The lowest BCUT2D eigenvalue weighted by Gasteiger charge is -2.27. The van der Waals surface area contributed by atoms with Gasteiger partial charge in [0.1, 0.15) is 0 Å². The van der Waals surface area contributed by atoms with E-state index in [1.165, 1.54) is 132 Å². The molecular formula is C72H54N4. The summed E-state index contributed by atoms with van der Waals surface area (Å²) in [4.78, 5) is 4.85. The third-order valence-corrected chi connectivity index (χ3v) is 17.0. The first-order valence-corrected chi connectivity index (χ1v) is 26.6. The summed E-state index contributed by atoms with van der Waals surface area (Å²) in [6.07, 6.45) is 0. The fraction of sp³-hybridized carbons (Fsp3) is 0.0833. The zero-order chi connectivity index (χ0) is 51.1. The molecule has 0 saturated heterocycles. The Labute approximate surface area is 442 Å². The second-order valence-corrected chi connectivity index (χ2v) is 21.2. The molecule has 4 heteroatoms. The summed E-state index contributed by atoms with van der Waals surface area (Å²) in [5, 5.41) is 10.0. The zero-order valence-corrected chi connectivity index (χ0v) is 43.6. The summed E-state index contributed by atoms with van der Waals surface area (Å²) < 4.78 is 5.23. The molecule has 0 unspecified atom stereocenters. The quantitative estimate of drug-likeness (QED) is 0.151. The van der Waals surface area contributed by atoms with Gasteiger partial charge in [-0.25, -0.2) is 0 Å². The number of hydrogen-bond acceptors (Lipinski definition) is 2. The maximum atomic E-state index is 2.62. The van der Waals surface area contributed by atoms with Crippen LogP contribution in [0.15, 0.2) is 218 Å². The molecule has 0 amide bonds. The first-order valence-electron chi connectivity index (χ1n) is 26.6. The monoisotopic (exact) mass is 974 g/mol. The maximum absolute atomic E-state index is 2.62. The Morgan fingerprint density at radius 3 is 0.974 bits per heavy atom. The van der Waals surface area contributed by atoms with Gasteiger partial charge in [-0.1, -0.05) is 133 Å². The molecule has 0 spiro atoms. The highest BCUT2D eigenvalue weighted by Crippen LogP contribution is 2.55. The van der Waals surface area contributed by atoms with Gasteiger partial charge in [0.25, 0.3) is 0 Å². The summed E-state index contributed by atoms with van der Waals surface area (Å²) in [6, 6.07) is 81.6. The second kappa shape index (κ2) is 16.6. The molecule has 4 nitrogen and oxygen atoms in total. The van der Waals surface area contributed by atoms with Crippen LogP contribution in [0, 0.1) is 41.5 Å². The average molecular weight is 975 g/mol. The zero-order valence-electron chi connectivity index (χ0n) is 43.6. The minimum Gasteiger partial charge on any atom is -0.310 e. The predicted octanol–water partition coefficient (Wildman–Crippen LogP) is 20.1. The molecule has 0 aliphatic heterocycles. The van der Waals surface area contributed by atoms with Gasteiger partial charge in [0.05, 0.1) is 33.1 Å². The van der Waals surface area contributed by atoms with E-state index >= 15 is 0 Å². The van der Waals surface area contributed by atoms with E-state index in [-0.39, 0.29) is 0 Å². The Bertz CT molecular complexity index is 4440. The topological polar surface area (TPSA) is 15.3 Å². The first-order chi connectivity index (χ1) is 37.2. The largest absolute Gasteiger partial charge is 0.310 e. The molecule has 11 aromatic carbocycles. The van der Waals surface area contributed by atoms with Crippen LogP contribution < -0.4 is 9.80 Å². The number of aryl methyl sites for hydroxylation is 4. The van der Waals surface area contributed by atoms with E-state index in [2.05, 4.69) is 279 Å². The summed E-state index contributed by atoms with van der Waals surface area (Å²) in [5.74, 6) is 0. The van der Waals surface area contributed by atoms with E-state index in [1.807, 2.05) is 0 Å². The third-order valence-electron chi connectivity index (χ3n) is 17.0. The van der Waals surface area contributed by atoms with Crippen molar-refractivity contribution in [2.24, 2.45) is 0 Å². The molecule has 0 saturated carbocycles. The number of rotatable bonds is 8. The molecule has 15 rings (SSSR count). The van der Waals surface area contributed by atoms with E-state index in [0.29, 0.717) is 0 Å². The minimum absolute atomic E-state index is 1.13. The van der Waals surface area contributed by atoms with Crippen molar-refractivity contribution in [2.75, 3.05) is 9.80 Å². The van der Waals surface area contributed by atoms with Gasteiger partial charge < -0.3 is 18.6 Å². The third kappa shape index (κ3) is 6.25. The molecule has 76 heavy (non-hydrogen) atoms. The Balaban J connectivity index is 1.07. The Morgan fingerprint density at radius 2 is 0.605 bits per heavy atom. The van der Waals surface area contributed by atoms with Gasteiger partial charge >= 0.3 is 0 Å². The van der Waals surface area contributed by atoms with Crippen LogP contribution in [0.25, 0.3) is 98.4 Å². The summed E-state index contributed by atoms with van der Waals surface area (Å²) in [5.41, 5.74) is 26.9. The molecule has 362 valence electrons. The van der Waals surface area contributed by atoms with Crippen LogP contribution in [0.4, 0.5) is 34.1 Å². The Hall–Kier alpha value is -9.38. The number of anilines is 6. The lowest BCUT2D eigenvalue weighted by atomic mass is 9.89. The maximum Gasteiger partial charge on any atom is 0.0634 e. The molecule has 0 atom stereocenters. The minimum atomic E-state index is 1.13. The van der Waals surface area contributed by atoms with Crippen molar-refractivity contribution in [3.05, 3.63) is 252 Å². The van der Waals surface area contributed by atoms with Crippen LogP contribution >= 0.6 is 0 Å². The number of para-hydroxylation sites is 4. The van der Waals surface area contributed by atoms with E-state index in [1.54, 1.807) is 0 Å². The molecule has 0 aliphatic carbocycles. The van der Waals surface area contributed by atoms with Gasteiger partial charge in [0.2, 0.25) is 0 Å². The fourth-order valence-corrected chi connectivity index (χ4v) is 13.1. The van der Waals surface area contributed by atoms with Gasteiger partial charge in [-0.3, -0.25) is 0 Å². The van der Waals surface area contributed by atoms with Gasteiger partial charge in [-0.2, -0.15) is 0 Å². The molecule has 15 aromatic rings. The number of aromatic nitrogens is 2. The molecule has 4 heterocycles. The van der Waals surface area contributed by atoms with Crippen LogP contribution in [-0.4, -0.2) is 8.80 Å². The van der Waals surface area contributed by atoms with Crippen molar-refractivity contribution < 1.29 is 0 Å². The van der Waals surface area contributed by atoms with E-state index in [4.69, 9.17) is 0 Å². The number of benzene rings is 11. The van der Waals surface area contributed by atoms with Crippen LogP contribution in [0.2, 0.25) is 0 Å². The second-order valence-electron chi connectivity index (χ2n) is 21.2. The molecule has 4 aromatic heterocycles. The number of fused-ring (bicyclic) bond motifs is 12. The van der Waals surface area contributed by atoms with Crippen molar-refractivity contribution in [3.63, 3.8) is 0 Å². The van der Waals surface area contributed by atoms with E-state index < -0.39 is 0 Å². The highest BCUT2D eigenvalue weighted by molar-refractivity contribution is 6.38. The molecular weight excluding hydrogens is 921 g/mol. The Morgan fingerprint density at radius 1 is 0.263 bits per heavy atom.